The lowest BCUT2D eigenvalue weighted by molar-refractivity contribution is -0.136. The van der Waals surface area contributed by atoms with Crippen molar-refractivity contribution < 1.29 is 25.2 Å². The molecule has 0 aromatic carbocycles. The van der Waals surface area contributed by atoms with Crippen LogP contribution < -0.4 is 0 Å². The van der Waals surface area contributed by atoms with Crippen LogP contribution in [0, 0.1) is 0 Å². The number of allylic oxidation sites excluding steroid dienone is 1. The number of aliphatic hydroxyl groups excluding tert-OH is 3. The number of aliphatic carboxylic acids is 1. The van der Waals surface area contributed by atoms with Gasteiger partial charge in [0, 0.05) is 12.8 Å². The van der Waals surface area contributed by atoms with Crippen LogP contribution in [0.4, 0.5) is 0 Å². The Hall–Kier alpha value is -0.910. The summed E-state index contributed by atoms with van der Waals surface area (Å²) in [4.78, 5) is 10.1. The van der Waals surface area contributed by atoms with E-state index in [0.717, 1.165) is 0 Å². The number of carboxylic acids is 1. The Bertz CT molecular complexity index is 212. The molecule has 0 heterocycles. The summed E-state index contributed by atoms with van der Waals surface area (Å²) in [5, 5.41) is 35.9. The van der Waals surface area contributed by atoms with Crippen molar-refractivity contribution in [3.8, 4) is 0 Å². The predicted octanol–water partition coefficient (Wildman–Crippen LogP) is -0.0999. The molecule has 0 aliphatic heterocycles. The quantitative estimate of drug-likeness (QED) is 0.447. The van der Waals surface area contributed by atoms with Gasteiger partial charge < -0.3 is 20.4 Å². The summed E-state index contributed by atoms with van der Waals surface area (Å²) in [6.07, 6.45) is 0.482. The average molecular weight is 218 g/mol. The molecule has 0 aliphatic carbocycles. The van der Waals surface area contributed by atoms with Gasteiger partial charge in [-0.2, -0.15) is 0 Å². The molecule has 0 aromatic rings. The van der Waals surface area contributed by atoms with Crippen LogP contribution in [0.1, 0.15) is 26.2 Å². The van der Waals surface area contributed by atoms with E-state index in [4.69, 9.17) is 10.2 Å². The van der Waals surface area contributed by atoms with E-state index in [2.05, 4.69) is 0 Å². The van der Waals surface area contributed by atoms with E-state index >= 15 is 0 Å². The summed E-state index contributed by atoms with van der Waals surface area (Å²) >= 11 is 0. The Morgan fingerprint density at radius 1 is 1.33 bits per heavy atom. The second kappa shape index (κ2) is 7.39. The van der Waals surface area contributed by atoms with Gasteiger partial charge >= 0.3 is 5.97 Å². The summed E-state index contributed by atoms with van der Waals surface area (Å²) in [5.41, 5.74) is 0. The monoisotopic (exact) mass is 218 g/mol. The van der Waals surface area contributed by atoms with E-state index in [9.17, 15) is 15.0 Å². The number of hydrogen-bond donors (Lipinski definition) is 4. The van der Waals surface area contributed by atoms with Gasteiger partial charge in [0.15, 0.2) is 0 Å². The maximum atomic E-state index is 10.1. The number of rotatable bonds is 7. The van der Waals surface area contributed by atoms with E-state index in [0.29, 0.717) is 6.42 Å². The number of hydrogen-bond acceptors (Lipinski definition) is 4. The Kier molecular flexibility index (Phi) is 6.94. The molecule has 4 N–H and O–H groups in total. The standard InChI is InChI=1S/C10H18O5/c1-7(11)6-9(13)8(12)4-2-3-5-10(14)15/h2,4,7-9,11-13H,3,5-6H2,1H3,(H,14,15). The van der Waals surface area contributed by atoms with E-state index in [1.54, 1.807) is 0 Å². The van der Waals surface area contributed by atoms with Gasteiger partial charge in [-0.05, 0) is 13.3 Å². The van der Waals surface area contributed by atoms with Crippen molar-refractivity contribution in [1.29, 1.82) is 0 Å². The lowest BCUT2D eigenvalue weighted by atomic mass is 10.1. The Labute approximate surface area is 88.7 Å². The van der Waals surface area contributed by atoms with Crippen LogP contribution in [-0.2, 0) is 4.79 Å². The fourth-order valence-corrected chi connectivity index (χ4v) is 1.06. The van der Waals surface area contributed by atoms with Gasteiger partial charge in [-0.3, -0.25) is 4.79 Å². The first-order valence-corrected chi connectivity index (χ1v) is 4.86. The summed E-state index contributed by atoms with van der Waals surface area (Å²) in [5.74, 6) is -0.904. The third-order valence-corrected chi connectivity index (χ3v) is 1.83. The van der Waals surface area contributed by atoms with Crippen molar-refractivity contribution in [2.24, 2.45) is 0 Å². The van der Waals surface area contributed by atoms with Gasteiger partial charge in [0.25, 0.3) is 0 Å². The molecule has 0 spiro atoms. The van der Waals surface area contributed by atoms with Gasteiger partial charge in [-0.15, -0.1) is 0 Å². The average Bonchev–Trinajstić information content (AvgIpc) is 2.10. The molecule has 0 saturated heterocycles. The molecule has 3 atom stereocenters. The van der Waals surface area contributed by atoms with Crippen molar-refractivity contribution in [1.82, 2.24) is 0 Å². The van der Waals surface area contributed by atoms with E-state index in [1.165, 1.54) is 19.1 Å². The smallest absolute Gasteiger partial charge is 0.303 e. The van der Waals surface area contributed by atoms with E-state index < -0.39 is 24.3 Å². The molecule has 15 heavy (non-hydrogen) atoms. The maximum Gasteiger partial charge on any atom is 0.303 e. The maximum absolute atomic E-state index is 10.1. The van der Waals surface area contributed by atoms with Crippen LogP contribution in [0.25, 0.3) is 0 Å². The third-order valence-electron chi connectivity index (χ3n) is 1.83. The third kappa shape index (κ3) is 8.11. The first-order valence-electron chi connectivity index (χ1n) is 4.86. The molecule has 3 unspecified atom stereocenters. The highest BCUT2D eigenvalue weighted by molar-refractivity contribution is 5.66. The Morgan fingerprint density at radius 3 is 2.40 bits per heavy atom. The molecule has 0 aliphatic rings. The summed E-state index contributed by atoms with van der Waals surface area (Å²) in [7, 11) is 0. The first kappa shape index (κ1) is 14.1. The van der Waals surface area contributed by atoms with Gasteiger partial charge in [0.05, 0.1) is 18.3 Å². The van der Waals surface area contributed by atoms with E-state index in [-0.39, 0.29) is 12.8 Å². The molecule has 0 saturated carbocycles. The molecular formula is C10H18O5. The molecule has 0 bridgehead atoms. The SMILES string of the molecule is CC(O)CC(O)C(O)C=CCCC(=O)O. The van der Waals surface area contributed by atoms with Gasteiger partial charge in [0.1, 0.15) is 0 Å². The highest BCUT2D eigenvalue weighted by Gasteiger charge is 2.15. The minimum absolute atomic E-state index is 0.00425. The van der Waals surface area contributed by atoms with Crippen molar-refractivity contribution in [3.05, 3.63) is 12.2 Å². The fourth-order valence-electron chi connectivity index (χ4n) is 1.06. The molecule has 5 nitrogen and oxygen atoms in total. The van der Waals surface area contributed by atoms with Crippen LogP contribution in [0.5, 0.6) is 0 Å². The molecule has 0 aromatic heterocycles. The Balaban J connectivity index is 3.79. The minimum Gasteiger partial charge on any atom is -0.481 e. The zero-order valence-corrected chi connectivity index (χ0v) is 8.71. The van der Waals surface area contributed by atoms with Crippen molar-refractivity contribution >= 4 is 5.97 Å². The van der Waals surface area contributed by atoms with Gasteiger partial charge in [-0.1, -0.05) is 12.2 Å². The summed E-state index contributed by atoms with van der Waals surface area (Å²) in [6.45, 7) is 1.52. The highest BCUT2D eigenvalue weighted by Crippen LogP contribution is 2.05. The molecular weight excluding hydrogens is 200 g/mol. The summed E-state index contributed by atoms with van der Waals surface area (Å²) < 4.78 is 0. The normalized spacial score (nSPS) is 17.6. The van der Waals surface area contributed by atoms with Crippen LogP contribution in [-0.4, -0.2) is 44.7 Å². The van der Waals surface area contributed by atoms with Crippen molar-refractivity contribution in [2.45, 2.75) is 44.5 Å². The zero-order valence-electron chi connectivity index (χ0n) is 8.71. The van der Waals surface area contributed by atoms with Crippen LogP contribution in [0.15, 0.2) is 12.2 Å². The fraction of sp³-hybridized carbons (Fsp3) is 0.700. The van der Waals surface area contributed by atoms with Crippen molar-refractivity contribution in [3.63, 3.8) is 0 Å². The van der Waals surface area contributed by atoms with Crippen LogP contribution in [0.3, 0.4) is 0 Å². The lowest BCUT2D eigenvalue weighted by Gasteiger charge is -2.15. The second-order valence-electron chi connectivity index (χ2n) is 3.50. The minimum atomic E-state index is -1.06. The second-order valence-corrected chi connectivity index (χ2v) is 3.50. The van der Waals surface area contributed by atoms with Gasteiger partial charge in [-0.25, -0.2) is 0 Å². The van der Waals surface area contributed by atoms with Crippen molar-refractivity contribution in [2.75, 3.05) is 0 Å². The molecule has 0 rings (SSSR count). The number of carboxylic acid groups (broad SMARTS) is 1. The number of carbonyl (C=O) groups is 1. The molecule has 88 valence electrons. The molecule has 5 heteroatoms. The lowest BCUT2D eigenvalue weighted by Crippen LogP contribution is -2.27. The number of aliphatic hydroxyl groups is 3. The first-order chi connectivity index (χ1) is 6.93. The molecule has 0 radical (unpaired) electrons. The van der Waals surface area contributed by atoms with Crippen LogP contribution in [0.2, 0.25) is 0 Å². The van der Waals surface area contributed by atoms with Crippen LogP contribution >= 0.6 is 0 Å². The Morgan fingerprint density at radius 2 is 1.93 bits per heavy atom. The molecule has 0 amide bonds. The molecule has 0 fully saturated rings. The summed E-state index contributed by atoms with van der Waals surface area (Å²) in [6, 6.07) is 0. The highest BCUT2D eigenvalue weighted by atomic mass is 16.4. The largest absolute Gasteiger partial charge is 0.481 e. The van der Waals surface area contributed by atoms with Gasteiger partial charge in [0.2, 0.25) is 0 Å². The predicted molar refractivity (Wildman–Crippen MR) is 54.3 cm³/mol. The topological polar surface area (TPSA) is 98.0 Å². The van der Waals surface area contributed by atoms with E-state index in [1.807, 2.05) is 0 Å². The zero-order chi connectivity index (χ0) is 11.8.